The molecule has 0 spiro atoms. The van der Waals surface area contributed by atoms with Crippen LogP contribution in [0, 0.1) is 22.7 Å². The summed E-state index contributed by atoms with van der Waals surface area (Å²) in [7, 11) is 1.64. The van der Waals surface area contributed by atoms with Gasteiger partial charge in [-0.05, 0) is 71.9 Å². The zero-order chi connectivity index (χ0) is 24.5. The first-order valence-corrected chi connectivity index (χ1v) is 12.0. The summed E-state index contributed by atoms with van der Waals surface area (Å²) in [5, 5.41) is 23.5. The molecule has 0 saturated heterocycles. The zero-order valence-electron chi connectivity index (χ0n) is 18.5. The highest BCUT2D eigenvalue weighted by atomic mass is 32.2. The van der Waals surface area contributed by atoms with Gasteiger partial charge in [-0.15, -0.1) is 0 Å². The van der Waals surface area contributed by atoms with E-state index in [0.717, 1.165) is 17.7 Å². The lowest BCUT2D eigenvalue weighted by molar-refractivity contribution is 0.414. The quantitative estimate of drug-likeness (QED) is 0.352. The molecule has 35 heavy (non-hydrogen) atoms. The van der Waals surface area contributed by atoms with E-state index in [9.17, 15) is 0 Å². The molecule has 1 N–H and O–H groups in total. The Balaban J connectivity index is 1.51. The van der Waals surface area contributed by atoms with E-state index in [1.54, 1.807) is 31.4 Å². The fourth-order valence-electron chi connectivity index (χ4n) is 2.82. The molecule has 0 aliphatic heterocycles. The highest BCUT2D eigenvalue weighted by Crippen LogP contribution is 2.28. The molecule has 0 amide bonds. The number of hydrogen-bond acceptors (Lipinski definition) is 11. The number of nitrogens with zero attached hydrogens (tertiary/aromatic N) is 7. The van der Waals surface area contributed by atoms with Crippen molar-refractivity contribution in [3.8, 4) is 17.9 Å². The summed E-state index contributed by atoms with van der Waals surface area (Å²) in [4.78, 5) is 22.2. The molecule has 0 unspecified atom stereocenters. The molecule has 0 saturated carbocycles. The fraction of sp³-hybridized carbons (Fsp3) is 0.125. The summed E-state index contributed by atoms with van der Waals surface area (Å²) in [6, 6.07) is 18.9. The number of methoxy groups -OCH3 is 1. The van der Waals surface area contributed by atoms with Crippen LogP contribution in [-0.4, -0.2) is 38.6 Å². The molecular formula is C24H18N8OS2. The third kappa shape index (κ3) is 6.90. The minimum Gasteiger partial charge on any atom is -0.497 e. The van der Waals surface area contributed by atoms with Crippen molar-refractivity contribution < 1.29 is 4.74 Å². The highest BCUT2D eigenvalue weighted by molar-refractivity contribution is 7.99. The smallest absolute Gasteiger partial charge is 0.227 e. The van der Waals surface area contributed by atoms with Crippen molar-refractivity contribution in [1.29, 1.82) is 10.5 Å². The van der Waals surface area contributed by atoms with Gasteiger partial charge in [0.15, 0.2) is 10.3 Å². The summed E-state index contributed by atoms with van der Waals surface area (Å²) in [5.74, 6) is 1.25. The molecule has 3 heterocycles. The second-order valence-corrected chi connectivity index (χ2v) is 8.92. The molecule has 0 aliphatic carbocycles. The molecule has 4 rings (SSSR count). The predicted molar refractivity (Wildman–Crippen MR) is 131 cm³/mol. The summed E-state index contributed by atoms with van der Waals surface area (Å²) < 4.78 is 5.20. The van der Waals surface area contributed by atoms with Crippen LogP contribution in [0.4, 0.5) is 5.95 Å². The van der Waals surface area contributed by atoms with Gasteiger partial charge in [-0.25, -0.2) is 9.97 Å². The molecule has 0 fully saturated rings. The number of hydrogen-bond donors (Lipinski definition) is 1. The van der Waals surface area contributed by atoms with E-state index in [1.807, 2.05) is 24.3 Å². The molecule has 3 aromatic heterocycles. The number of rotatable bonds is 9. The Kier molecular flexibility index (Phi) is 8.07. The van der Waals surface area contributed by atoms with Crippen molar-refractivity contribution in [2.75, 3.05) is 19.0 Å². The van der Waals surface area contributed by atoms with Gasteiger partial charge in [0.1, 0.15) is 27.9 Å². The highest BCUT2D eigenvalue weighted by Gasteiger charge is 2.11. The molecule has 11 heteroatoms. The molecule has 0 aliphatic rings. The summed E-state index contributed by atoms with van der Waals surface area (Å²) >= 11 is 2.54. The maximum atomic E-state index is 8.98. The summed E-state index contributed by atoms with van der Waals surface area (Å²) in [5.41, 5.74) is 2.11. The van der Waals surface area contributed by atoms with Gasteiger partial charge in [-0.3, -0.25) is 0 Å². The molecule has 172 valence electrons. The normalized spacial score (nSPS) is 10.3. The monoisotopic (exact) mass is 498 g/mol. The molecular weight excluding hydrogens is 480 g/mol. The van der Waals surface area contributed by atoms with Gasteiger partial charge in [0.05, 0.1) is 18.2 Å². The Hall–Kier alpha value is -4.19. The van der Waals surface area contributed by atoms with Crippen LogP contribution >= 0.6 is 23.5 Å². The second-order valence-electron chi connectivity index (χ2n) is 6.95. The van der Waals surface area contributed by atoms with Crippen molar-refractivity contribution in [1.82, 2.24) is 24.9 Å². The Bertz CT molecular complexity index is 1290. The number of ether oxygens (including phenoxy) is 1. The van der Waals surface area contributed by atoms with Gasteiger partial charge in [0.25, 0.3) is 0 Å². The van der Waals surface area contributed by atoms with E-state index in [2.05, 4.69) is 42.4 Å². The standard InChI is InChI=1S/C24H18N8OS2/c1-33-19-6-2-16(3-7-19)10-11-27-22-30-23(34-20-8-4-17(12-25)14-28-20)32-24(31-22)35-21-9-5-18(13-26)15-29-21/h2-9,14-15H,10-11H2,1H3,(H,27,30,31,32). The lowest BCUT2D eigenvalue weighted by Crippen LogP contribution is -2.10. The van der Waals surface area contributed by atoms with Gasteiger partial charge in [-0.1, -0.05) is 12.1 Å². The van der Waals surface area contributed by atoms with E-state index in [1.165, 1.54) is 35.9 Å². The number of nitrogens with one attached hydrogen (secondary N) is 1. The Labute approximate surface area is 210 Å². The lowest BCUT2D eigenvalue weighted by Gasteiger charge is -2.09. The number of anilines is 1. The number of nitriles is 2. The lowest BCUT2D eigenvalue weighted by atomic mass is 10.1. The van der Waals surface area contributed by atoms with Crippen LogP contribution in [0.3, 0.4) is 0 Å². The number of aromatic nitrogens is 5. The van der Waals surface area contributed by atoms with Crippen LogP contribution in [0.2, 0.25) is 0 Å². The maximum absolute atomic E-state index is 8.98. The molecule has 4 aromatic rings. The third-order valence-electron chi connectivity index (χ3n) is 4.57. The van der Waals surface area contributed by atoms with Crippen molar-refractivity contribution in [2.45, 2.75) is 26.8 Å². The van der Waals surface area contributed by atoms with E-state index in [4.69, 9.17) is 15.3 Å². The largest absolute Gasteiger partial charge is 0.497 e. The van der Waals surface area contributed by atoms with E-state index >= 15 is 0 Å². The van der Waals surface area contributed by atoms with Crippen LogP contribution in [0.5, 0.6) is 5.75 Å². The van der Waals surface area contributed by atoms with Gasteiger partial charge in [-0.2, -0.15) is 25.5 Å². The first-order valence-electron chi connectivity index (χ1n) is 10.4. The molecule has 0 bridgehead atoms. The maximum Gasteiger partial charge on any atom is 0.227 e. The van der Waals surface area contributed by atoms with E-state index in [0.29, 0.717) is 44.0 Å². The molecule has 1 aromatic carbocycles. The minimum atomic E-state index is 0.431. The van der Waals surface area contributed by atoms with Crippen LogP contribution in [0.15, 0.2) is 81.3 Å². The second kappa shape index (κ2) is 11.8. The third-order valence-corrected chi connectivity index (χ3v) is 6.20. The molecule has 0 atom stereocenters. The van der Waals surface area contributed by atoms with Crippen LogP contribution in [0.1, 0.15) is 16.7 Å². The van der Waals surface area contributed by atoms with E-state index < -0.39 is 0 Å². The van der Waals surface area contributed by atoms with E-state index in [-0.39, 0.29) is 0 Å². The zero-order valence-corrected chi connectivity index (χ0v) is 20.2. The topological polar surface area (TPSA) is 133 Å². The van der Waals surface area contributed by atoms with Crippen molar-refractivity contribution >= 4 is 29.5 Å². The Morgan fingerprint density at radius 3 is 1.83 bits per heavy atom. The summed E-state index contributed by atoms with van der Waals surface area (Å²) in [6.07, 6.45) is 3.79. The van der Waals surface area contributed by atoms with Crippen molar-refractivity contribution in [3.05, 3.63) is 77.6 Å². The Morgan fingerprint density at radius 2 is 1.37 bits per heavy atom. The average molecular weight is 499 g/mol. The number of benzene rings is 1. The van der Waals surface area contributed by atoms with Gasteiger partial charge >= 0.3 is 0 Å². The fourth-order valence-corrected chi connectivity index (χ4v) is 4.26. The first kappa shape index (κ1) is 24.0. The first-order chi connectivity index (χ1) is 17.1. The van der Waals surface area contributed by atoms with Crippen LogP contribution in [0.25, 0.3) is 0 Å². The van der Waals surface area contributed by atoms with Crippen LogP contribution in [-0.2, 0) is 6.42 Å². The molecule has 9 nitrogen and oxygen atoms in total. The SMILES string of the molecule is COc1ccc(CCNc2nc(Sc3ccc(C#N)cn3)nc(Sc3ccc(C#N)cn3)n2)cc1. The Morgan fingerprint density at radius 1 is 0.800 bits per heavy atom. The van der Waals surface area contributed by atoms with Gasteiger partial charge < -0.3 is 10.1 Å². The van der Waals surface area contributed by atoms with Crippen LogP contribution < -0.4 is 10.1 Å². The van der Waals surface area contributed by atoms with Crippen molar-refractivity contribution in [3.63, 3.8) is 0 Å². The minimum absolute atomic E-state index is 0.431. The van der Waals surface area contributed by atoms with Gasteiger partial charge in [0, 0.05) is 18.9 Å². The van der Waals surface area contributed by atoms with Crippen molar-refractivity contribution in [2.24, 2.45) is 0 Å². The van der Waals surface area contributed by atoms with Gasteiger partial charge in [0.2, 0.25) is 5.95 Å². The predicted octanol–water partition coefficient (Wildman–Crippen LogP) is 4.37. The average Bonchev–Trinajstić information content (AvgIpc) is 2.90. The summed E-state index contributed by atoms with van der Waals surface area (Å²) in [6.45, 7) is 0.620. The number of pyridine rings is 2. The molecule has 0 radical (unpaired) electrons.